The Morgan fingerprint density at radius 3 is 2.06 bits per heavy atom. The van der Waals surface area contributed by atoms with Crippen LogP contribution in [-0.2, 0) is 14.3 Å². The number of rotatable bonds is 2. The summed E-state index contributed by atoms with van der Waals surface area (Å²) in [5, 5.41) is 0.525. The molecule has 2 heterocycles. The summed E-state index contributed by atoms with van der Waals surface area (Å²) in [6.45, 7) is 3.76. The molecule has 0 N–H and O–H groups in total. The molecule has 0 saturated carbocycles. The second kappa shape index (κ2) is 7.36. The molecule has 0 radical (unpaired) electrons. The highest BCUT2D eigenvalue weighted by molar-refractivity contribution is 6.37. The number of Topliss-reactive ketones (excluding diaryl/α,β-unsaturated/α-hetero) is 2. The van der Waals surface area contributed by atoms with Gasteiger partial charge in [0.2, 0.25) is 0 Å². The minimum absolute atomic E-state index is 0.239. The number of carbonyl (C=O) groups is 4. The molecule has 6 nitrogen and oxygen atoms in total. The van der Waals surface area contributed by atoms with Crippen LogP contribution in [0.5, 0.6) is 0 Å². The van der Waals surface area contributed by atoms with Crippen LogP contribution in [0, 0.1) is 25.7 Å². The molecule has 1 aliphatic carbocycles. The molecule has 0 aromatic heterocycles. The van der Waals surface area contributed by atoms with Gasteiger partial charge in [0.15, 0.2) is 17.1 Å². The number of carbonyl (C=O) groups excluding carboxylic acids is 4. The minimum Gasteiger partial charge on any atom is -0.393 e. The number of anilines is 1. The lowest BCUT2D eigenvalue weighted by Gasteiger charge is -2.40. The molecule has 3 aromatic carbocycles. The zero-order valence-corrected chi connectivity index (χ0v) is 19.7. The van der Waals surface area contributed by atoms with Gasteiger partial charge in [-0.2, -0.15) is 0 Å². The Bertz CT molecular complexity index is 1430. The van der Waals surface area contributed by atoms with Crippen molar-refractivity contribution < 1.29 is 23.9 Å². The zero-order chi connectivity index (χ0) is 24.6. The van der Waals surface area contributed by atoms with E-state index in [4.69, 9.17) is 16.3 Å². The summed E-state index contributed by atoms with van der Waals surface area (Å²) in [7, 11) is 0. The van der Waals surface area contributed by atoms with Gasteiger partial charge in [-0.3, -0.25) is 19.2 Å². The summed E-state index contributed by atoms with van der Waals surface area (Å²) in [4.78, 5) is 56.4. The average molecular weight is 486 g/mol. The van der Waals surface area contributed by atoms with Gasteiger partial charge in [0.1, 0.15) is 5.92 Å². The Morgan fingerprint density at radius 2 is 1.46 bits per heavy atom. The molecule has 3 atom stereocenters. The predicted octanol–water partition coefficient (Wildman–Crippen LogP) is 4.65. The van der Waals surface area contributed by atoms with Crippen LogP contribution in [0.25, 0.3) is 0 Å². The van der Waals surface area contributed by atoms with Crippen LogP contribution < -0.4 is 4.90 Å². The molecule has 7 heteroatoms. The number of hydrogen-bond acceptors (Lipinski definition) is 6. The van der Waals surface area contributed by atoms with Crippen LogP contribution >= 0.6 is 11.6 Å². The van der Waals surface area contributed by atoms with Crippen molar-refractivity contribution in [2.45, 2.75) is 25.4 Å². The Balaban J connectivity index is 1.69. The number of benzene rings is 3. The maximum absolute atomic E-state index is 14.2. The lowest BCUT2D eigenvalue weighted by Crippen LogP contribution is -2.59. The maximum atomic E-state index is 14.2. The van der Waals surface area contributed by atoms with Crippen molar-refractivity contribution in [3.8, 4) is 0 Å². The Hall–Kier alpha value is -3.77. The summed E-state index contributed by atoms with van der Waals surface area (Å²) in [6.07, 6.45) is 0. The van der Waals surface area contributed by atoms with Crippen LogP contribution in [0.1, 0.15) is 43.4 Å². The van der Waals surface area contributed by atoms with E-state index in [1.165, 1.54) is 0 Å². The van der Waals surface area contributed by atoms with Crippen molar-refractivity contribution >= 4 is 40.8 Å². The molecule has 2 aliphatic heterocycles. The van der Waals surface area contributed by atoms with Gasteiger partial charge >= 0.3 is 11.9 Å². The van der Waals surface area contributed by atoms with E-state index in [0.717, 1.165) is 11.1 Å². The van der Waals surface area contributed by atoms with Gasteiger partial charge in [-0.15, -0.1) is 0 Å². The topological polar surface area (TPSA) is 80.8 Å². The molecule has 2 saturated heterocycles. The molecule has 3 aromatic rings. The van der Waals surface area contributed by atoms with E-state index in [-0.39, 0.29) is 11.1 Å². The molecular formula is C28H20ClNO5. The first-order chi connectivity index (χ1) is 16.8. The Labute approximate surface area is 206 Å². The number of hydrogen-bond donors (Lipinski definition) is 0. The normalized spacial score (nSPS) is 24.2. The van der Waals surface area contributed by atoms with Gasteiger partial charge < -0.3 is 9.64 Å². The number of fused-ring (bicyclic) bond motifs is 3. The standard InChI is InChI=1S/C28H20ClNO5/c1-14-7-9-16(10-8-14)23-21-22(27(34)35-26(21)33)28(30(23)17-11-12-20(29)15(2)13-17)24(31)18-5-3-4-6-19(18)25(28)32/h3-13,21-23H,1-2H3/t21-,22-,23-/m0/s1. The van der Waals surface area contributed by atoms with Gasteiger partial charge in [-0.05, 0) is 43.2 Å². The van der Waals surface area contributed by atoms with Gasteiger partial charge in [-0.1, -0.05) is 65.7 Å². The second-order valence-corrected chi connectivity index (χ2v) is 9.78. The van der Waals surface area contributed by atoms with E-state index >= 15 is 0 Å². The fourth-order valence-electron chi connectivity index (χ4n) is 5.94. The van der Waals surface area contributed by atoms with Crippen molar-refractivity contribution in [3.05, 3.63) is 99.6 Å². The zero-order valence-electron chi connectivity index (χ0n) is 18.9. The molecule has 35 heavy (non-hydrogen) atoms. The van der Waals surface area contributed by atoms with E-state index in [2.05, 4.69) is 0 Å². The molecule has 6 rings (SSSR count). The van der Waals surface area contributed by atoms with Gasteiger partial charge in [-0.25, -0.2) is 0 Å². The average Bonchev–Trinajstić information content (AvgIpc) is 3.40. The van der Waals surface area contributed by atoms with E-state index in [1.54, 1.807) is 47.4 Å². The first-order valence-corrected chi connectivity index (χ1v) is 11.7. The summed E-state index contributed by atoms with van der Waals surface area (Å²) < 4.78 is 5.08. The van der Waals surface area contributed by atoms with Crippen molar-refractivity contribution in [2.75, 3.05) is 4.90 Å². The van der Waals surface area contributed by atoms with Crippen LogP contribution in [0.15, 0.2) is 66.7 Å². The van der Waals surface area contributed by atoms with Crippen LogP contribution in [0.4, 0.5) is 5.69 Å². The third-order valence-electron chi connectivity index (χ3n) is 7.48. The van der Waals surface area contributed by atoms with Crippen LogP contribution in [0.3, 0.4) is 0 Å². The summed E-state index contributed by atoms with van der Waals surface area (Å²) in [5.41, 5.74) is 1.53. The fraction of sp³-hybridized carbons (Fsp3) is 0.214. The number of nitrogens with zero attached hydrogens (tertiary/aromatic N) is 1. The van der Waals surface area contributed by atoms with Crippen LogP contribution in [0.2, 0.25) is 5.02 Å². The van der Waals surface area contributed by atoms with Gasteiger partial charge in [0, 0.05) is 21.8 Å². The van der Waals surface area contributed by atoms with Gasteiger partial charge in [0.05, 0.1) is 12.0 Å². The van der Waals surface area contributed by atoms with E-state index in [1.807, 2.05) is 38.1 Å². The maximum Gasteiger partial charge on any atom is 0.320 e. The highest BCUT2D eigenvalue weighted by Crippen LogP contribution is 2.60. The van der Waals surface area contributed by atoms with Crippen molar-refractivity contribution in [2.24, 2.45) is 11.8 Å². The smallest absolute Gasteiger partial charge is 0.320 e. The van der Waals surface area contributed by atoms with E-state index in [9.17, 15) is 19.2 Å². The minimum atomic E-state index is -1.94. The van der Waals surface area contributed by atoms with E-state index in [0.29, 0.717) is 16.3 Å². The molecule has 0 amide bonds. The summed E-state index contributed by atoms with van der Waals surface area (Å²) in [5.74, 6) is -4.87. The molecule has 1 spiro atoms. The number of aryl methyl sites for hydroxylation is 2. The first kappa shape index (κ1) is 21.7. The quantitative estimate of drug-likeness (QED) is 0.388. The second-order valence-electron chi connectivity index (χ2n) is 9.37. The molecular weight excluding hydrogens is 466 g/mol. The lowest BCUT2D eigenvalue weighted by atomic mass is 9.76. The van der Waals surface area contributed by atoms with Crippen molar-refractivity contribution in [1.82, 2.24) is 0 Å². The highest BCUT2D eigenvalue weighted by atomic mass is 35.5. The molecule has 174 valence electrons. The predicted molar refractivity (Wildman–Crippen MR) is 129 cm³/mol. The lowest BCUT2D eigenvalue weighted by molar-refractivity contribution is -0.154. The van der Waals surface area contributed by atoms with Crippen LogP contribution in [-0.4, -0.2) is 29.0 Å². The summed E-state index contributed by atoms with van der Waals surface area (Å²) in [6, 6.07) is 18.5. The number of esters is 2. The van der Waals surface area contributed by atoms with E-state index < -0.39 is 46.9 Å². The highest BCUT2D eigenvalue weighted by Gasteiger charge is 2.76. The number of cyclic esters (lactones) is 2. The molecule has 0 unspecified atom stereocenters. The number of halogens is 1. The summed E-state index contributed by atoms with van der Waals surface area (Å²) >= 11 is 6.30. The molecule has 2 fully saturated rings. The van der Waals surface area contributed by atoms with Crippen molar-refractivity contribution in [3.63, 3.8) is 0 Å². The monoisotopic (exact) mass is 485 g/mol. The molecule has 3 aliphatic rings. The largest absolute Gasteiger partial charge is 0.393 e. The number of ketones is 2. The van der Waals surface area contributed by atoms with Crippen molar-refractivity contribution in [1.29, 1.82) is 0 Å². The fourth-order valence-corrected chi connectivity index (χ4v) is 6.06. The van der Waals surface area contributed by atoms with Gasteiger partial charge in [0.25, 0.3) is 0 Å². The molecule has 0 bridgehead atoms. The Morgan fingerprint density at radius 1 is 0.829 bits per heavy atom. The SMILES string of the molecule is Cc1ccc([C@H]2[C@H]3C(=O)OC(=O)[C@H]3C3(C(=O)c4ccccc4C3=O)N2c2ccc(Cl)c(C)c2)cc1. The third-order valence-corrected chi connectivity index (χ3v) is 7.91. The number of ether oxygens (including phenoxy) is 1. The Kier molecular flexibility index (Phi) is 4.57. The third kappa shape index (κ3) is 2.71. The first-order valence-electron chi connectivity index (χ1n) is 11.3.